The van der Waals surface area contributed by atoms with E-state index in [1.165, 1.54) is 6.07 Å². The summed E-state index contributed by atoms with van der Waals surface area (Å²) in [5.41, 5.74) is 1.33. The Balaban J connectivity index is 1.85. The molecule has 0 saturated carbocycles. The van der Waals surface area contributed by atoms with E-state index in [0.717, 1.165) is 5.56 Å². The van der Waals surface area contributed by atoms with Crippen molar-refractivity contribution in [1.29, 1.82) is 0 Å². The maximum absolute atomic E-state index is 13.4. The van der Waals surface area contributed by atoms with Crippen molar-refractivity contribution in [3.05, 3.63) is 71.5 Å². The molecule has 0 aliphatic rings. The number of carbonyl (C=O) groups is 1. The minimum absolute atomic E-state index is 0.257. The first-order valence-electron chi connectivity index (χ1n) is 6.38. The predicted octanol–water partition coefficient (Wildman–Crippen LogP) is 3.46. The summed E-state index contributed by atoms with van der Waals surface area (Å²) < 4.78 is 13.4. The van der Waals surface area contributed by atoms with E-state index in [1.54, 1.807) is 30.3 Å². The highest BCUT2D eigenvalue weighted by atomic mass is 35.5. The van der Waals surface area contributed by atoms with Gasteiger partial charge in [-0.2, -0.15) is 0 Å². The summed E-state index contributed by atoms with van der Waals surface area (Å²) in [5, 5.41) is 1.99. The Hall–Kier alpha value is -1.87. The standard InChI is InChI=1S/C16H15ClFNO/c17-15(13-7-2-1-3-8-13)16(20)19-11-10-12-6-4-5-9-14(12)18/h1-9,15H,10-11H2,(H,19,20). The van der Waals surface area contributed by atoms with E-state index in [1.807, 2.05) is 18.2 Å². The van der Waals surface area contributed by atoms with Crippen LogP contribution in [0.3, 0.4) is 0 Å². The first kappa shape index (κ1) is 14.5. The Morgan fingerprint density at radius 2 is 1.75 bits per heavy atom. The van der Waals surface area contributed by atoms with Crippen LogP contribution >= 0.6 is 11.6 Å². The van der Waals surface area contributed by atoms with Gasteiger partial charge in [0.05, 0.1) is 0 Å². The topological polar surface area (TPSA) is 29.1 Å². The fourth-order valence-electron chi connectivity index (χ4n) is 1.88. The Bertz CT molecular complexity index is 574. The summed E-state index contributed by atoms with van der Waals surface area (Å²) in [6, 6.07) is 15.7. The number of halogens is 2. The van der Waals surface area contributed by atoms with E-state index in [0.29, 0.717) is 18.5 Å². The SMILES string of the molecule is O=C(NCCc1ccccc1F)C(Cl)c1ccccc1. The fraction of sp³-hybridized carbons (Fsp3) is 0.188. The van der Waals surface area contributed by atoms with E-state index >= 15 is 0 Å². The van der Waals surface area contributed by atoms with Crippen LogP contribution in [0.1, 0.15) is 16.5 Å². The van der Waals surface area contributed by atoms with Crippen LogP contribution in [0.4, 0.5) is 4.39 Å². The zero-order valence-electron chi connectivity index (χ0n) is 10.9. The highest BCUT2D eigenvalue weighted by Crippen LogP contribution is 2.19. The second-order valence-electron chi connectivity index (χ2n) is 4.41. The molecule has 2 aromatic rings. The van der Waals surface area contributed by atoms with Crippen molar-refractivity contribution in [1.82, 2.24) is 5.32 Å². The second-order valence-corrected chi connectivity index (χ2v) is 4.84. The summed E-state index contributed by atoms with van der Waals surface area (Å²) >= 11 is 6.08. The zero-order chi connectivity index (χ0) is 14.4. The lowest BCUT2D eigenvalue weighted by Crippen LogP contribution is -2.29. The quantitative estimate of drug-likeness (QED) is 0.840. The lowest BCUT2D eigenvalue weighted by molar-refractivity contribution is -0.120. The van der Waals surface area contributed by atoms with Gasteiger partial charge in [-0.1, -0.05) is 48.5 Å². The van der Waals surface area contributed by atoms with Crippen LogP contribution in [0, 0.1) is 5.82 Å². The predicted molar refractivity (Wildman–Crippen MR) is 78.1 cm³/mol. The molecule has 20 heavy (non-hydrogen) atoms. The molecule has 0 radical (unpaired) electrons. The summed E-state index contributed by atoms with van der Waals surface area (Å²) in [7, 11) is 0. The molecule has 0 aliphatic heterocycles. The molecule has 1 amide bonds. The first-order chi connectivity index (χ1) is 9.68. The molecular formula is C16H15ClFNO. The van der Waals surface area contributed by atoms with Gasteiger partial charge in [-0.05, 0) is 23.6 Å². The average Bonchev–Trinajstić information content (AvgIpc) is 2.49. The Morgan fingerprint density at radius 1 is 1.10 bits per heavy atom. The highest BCUT2D eigenvalue weighted by molar-refractivity contribution is 6.30. The summed E-state index contributed by atoms with van der Waals surface area (Å²) in [5.74, 6) is -0.526. The molecule has 0 saturated heterocycles. The van der Waals surface area contributed by atoms with Crippen molar-refractivity contribution < 1.29 is 9.18 Å². The second kappa shape index (κ2) is 7.06. The third-order valence-corrected chi connectivity index (χ3v) is 3.42. The molecule has 0 fully saturated rings. The molecule has 104 valence electrons. The molecule has 0 aliphatic carbocycles. The molecule has 4 heteroatoms. The van der Waals surface area contributed by atoms with Crippen molar-refractivity contribution in [2.24, 2.45) is 0 Å². The summed E-state index contributed by atoms with van der Waals surface area (Å²) in [6.45, 7) is 0.357. The molecule has 2 aromatic carbocycles. The van der Waals surface area contributed by atoms with Crippen molar-refractivity contribution in [2.75, 3.05) is 6.54 Å². The van der Waals surface area contributed by atoms with Gasteiger partial charge < -0.3 is 5.32 Å². The molecule has 2 rings (SSSR count). The maximum Gasteiger partial charge on any atom is 0.242 e. The van der Waals surface area contributed by atoms with Gasteiger partial charge in [-0.25, -0.2) is 4.39 Å². The number of nitrogens with one attached hydrogen (secondary N) is 1. The number of carbonyl (C=O) groups excluding carboxylic acids is 1. The van der Waals surface area contributed by atoms with E-state index in [4.69, 9.17) is 11.6 Å². The van der Waals surface area contributed by atoms with E-state index in [9.17, 15) is 9.18 Å². The number of rotatable bonds is 5. The van der Waals surface area contributed by atoms with Gasteiger partial charge in [0.25, 0.3) is 0 Å². The number of benzene rings is 2. The van der Waals surface area contributed by atoms with E-state index < -0.39 is 5.38 Å². The normalized spacial score (nSPS) is 11.9. The van der Waals surface area contributed by atoms with Crippen LogP contribution in [0.5, 0.6) is 0 Å². The molecular weight excluding hydrogens is 277 g/mol. The molecule has 0 aromatic heterocycles. The van der Waals surface area contributed by atoms with E-state index in [2.05, 4.69) is 5.32 Å². The molecule has 0 bridgehead atoms. The van der Waals surface area contributed by atoms with Crippen molar-refractivity contribution in [3.8, 4) is 0 Å². The van der Waals surface area contributed by atoms with Gasteiger partial charge in [-0.15, -0.1) is 11.6 Å². The van der Waals surface area contributed by atoms with Crippen LogP contribution in [0.2, 0.25) is 0 Å². The molecule has 0 heterocycles. The maximum atomic E-state index is 13.4. The third-order valence-electron chi connectivity index (χ3n) is 2.97. The fourth-order valence-corrected chi connectivity index (χ4v) is 2.11. The monoisotopic (exact) mass is 291 g/mol. The molecule has 1 N–H and O–H groups in total. The lowest BCUT2D eigenvalue weighted by atomic mass is 10.1. The van der Waals surface area contributed by atoms with Crippen LogP contribution < -0.4 is 5.32 Å². The molecule has 1 atom stereocenters. The van der Waals surface area contributed by atoms with Gasteiger partial charge >= 0.3 is 0 Å². The van der Waals surface area contributed by atoms with Crippen molar-refractivity contribution in [2.45, 2.75) is 11.8 Å². The third kappa shape index (κ3) is 3.81. The first-order valence-corrected chi connectivity index (χ1v) is 6.82. The Kier molecular flexibility index (Phi) is 5.13. The molecule has 0 spiro atoms. The van der Waals surface area contributed by atoms with Gasteiger partial charge in [0.2, 0.25) is 5.91 Å². The highest BCUT2D eigenvalue weighted by Gasteiger charge is 2.16. The van der Waals surface area contributed by atoms with Crippen LogP contribution in [-0.4, -0.2) is 12.5 Å². The minimum atomic E-state index is -0.725. The molecule has 1 unspecified atom stereocenters. The lowest BCUT2D eigenvalue weighted by Gasteiger charge is -2.11. The smallest absolute Gasteiger partial charge is 0.242 e. The zero-order valence-corrected chi connectivity index (χ0v) is 11.6. The largest absolute Gasteiger partial charge is 0.354 e. The van der Waals surface area contributed by atoms with Gasteiger partial charge in [-0.3, -0.25) is 4.79 Å². The number of amides is 1. The van der Waals surface area contributed by atoms with Gasteiger partial charge in [0.1, 0.15) is 11.2 Å². The molecule has 2 nitrogen and oxygen atoms in total. The van der Waals surface area contributed by atoms with E-state index in [-0.39, 0.29) is 11.7 Å². The van der Waals surface area contributed by atoms with Crippen LogP contribution in [0.25, 0.3) is 0 Å². The summed E-state index contributed by atoms with van der Waals surface area (Å²) in [4.78, 5) is 11.9. The Labute approximate surface area is 122 Å². The minimum Gasteiger partial charge on any atom is -0.354 e. The van der Waals surface area contributed by atoms with Gasteiger partial charge in [0.15, 0.2) is 0 Å². The summed E-state index contributed by atoms with van der Waals surface area (Å²) in [6.07, 6.45) is 0.441. The number of hydrogen-bond donors (Lipinski definition) is 1. The Morgan fingerprint density at radius 3 is 2.45 bits per heavy atom. The van der Waals surface area contributed by atoms with Gasteiger partial charge in [0, 0.05) is 6.54 Å². The van der Waals surface area contributed by atoms with Crippen molar-refractivity contribution in [3.63, 3.8) is 0 Å². The number of hydrogen-bond acceptors (Lipinski definition) is 1. The average molecular weight is 292 g/mol. The van der Waals surface area contributed by atoms with Crippen LogP contribution in [0.15, 0.2) is 54.6 Å². The van der Waals surface area contributed by atoms with Crippen LogP contribution in [-0.2, 0) is 11.2 Å². The van der Waals surface area contributed by atoms with Crippen molar-refractivity contribution >= 4 is 17.5 Å². The number of alkyl halides is 1.